The molecule has 1 fully saturated rings. The fraction of sp³-hybridized carbons (Fsp3) is 0.545. The number of aliphatic hydroxyl groups is 3. The van der Waals surface area contributed by atoms with Gasteiger partial charge in [0.15, 0.2) is 6.29 Å². The highest BCUT2D eigenvalue weighted by molar-refractivity contribution is 7.89. The molecule has 194 valence electrons. The first kappa shape index (κ1) is 27.2. The number of nitrogens with one attached hydrogen (secondary N) is 2. The van der Waals surface area contributed by atoms with Gasteiger partial charge in [-0.15, -0.1) is 0 Å². The minimum atomic E-state index is -3.72. The first-order valence-corrected chi connectivity index (χ1v) is 12.7. The highest BCUT2D eigenvalue weighted by Crippen LogP contribution is 2.22. The number of carbonyl (C=O) groups excluding carboxylic acids is 1. The van der Waals surface area contributed by atoms with E-state index in [0.717, 1.165) is 5.56 Å². The van der Waals surface area contributed by atoms with Gasteiger partial charge in [-0.1, -0.05) is 12.1 Å². The van der Waals surface area contributed by atoms with Gasteiger partial charge in [-0.05, 0) is 24.1 Å². The molecule has 1 aliphatic rings. The van der Waals surface area contributed by atoms with E-state index >= 15 is 0 Å². The molecule has 12 nitrogen and oxygen atoms in total. The Balaban J connectivity index is 1.48. The van der Waals surface area contributed by atoms with E-state index in [1.807, 2.05) is 34.9 Å². The van der Waals surface area contributed by atoms with E-state index in [0.29, 0.717) is 6.54 Å². The van der Waals surface area contributed by atoms with Gasteiger partial charge in [0.2, 0.25) is 22.3 Å². The van der Waals surface area contributed by atoms with Gasteiger partial charge < -0.3 is 30.1 Å². The van der Waals surface area contributed by atoms with Crippen LogP contribution in [0.1, 0.15) is 18.9 Å². The summed E-state index contributed by atoms with van der Waals surface area (Å²) in [5, 5.41) is 32.1. The SMILES string of the molecule is CC(=O)N[C@H]1[C@H](OCCCNS(=O)(=O)c2ccc(Cn3cc[n+](C)c3)cc2)O[C@H](CO)[C@@H](O)[C@@H]1O. The zero-order chi connectivity index (χ0) is 25.6. The molecule has 1 aromatic heterocycles. The lowest BCUT2D eigenvalue weighted by molar-refractivity contribution is -0.671. The molecule has 2 heterocycles. The van der Waals surface area contributed by atoms with Crippen molar-refractivity contribution in [2.75, 3.05) is 19.8 Å². The van der Waals surface area contributed by atoms with Crippen molar-refractivity contribution in [3.63, 3.8) is 0 Å². The average molecular weight is 514 g/mol. The summed E-state index contributed by atoms with van der Waals surface area (Å²) >= 11 is 0. The van der Waals surface area contributed by atoms with Crippen LogP contribution >= 0.6 is 0 Å². The molecule has 3 rings (SSSR count). The van der Waals surface area contributed by atoms with Gasteiger partial charge in [0.25, 0.3) is 0 Å². The summed E-state index contributed by atoms with van der Waals surface area (Å²) in [4.78, 5) is 11.6. The molecule has 0 spiro atoms. The zero-order valence-corrected chi connectivity index (χ0v) is 20.5. The monoisotopic (exact) mass is 513 g/mol. The molecule has 0 aliphatic carbocycles. The van der Waals surface area contributed by atoms with E-state index in [1.54, 1.807) is 24.3 Å². The summed E-state index contributed by atoms with van der Waals surface area (Å²) in [6, 6.07) is 5.57. The molecule has 13 heteroatoms. The van der Waals surface area contributed by atoms with E-state index < -0.39 is 53.2 Å². The van der Waals surface area contributed by atoms with Crippen LogP contribution < -0.4 is 14.6 Å². The van der Waals surface area contributed by atoms with Crippen LogP contribution in [0, 0.1) is 0 Å². The lowest BCUT2D eigenvalue weighted by Crippen LogP contribution is -2.64. The van der Waals surface area contributed by atoms with Crippen molar-refractivity contribution in [1.82, 2.24) is 14.6 Å². The van der Waals surface area contributed by atoms with Gasteiger partial charge in [0, 0.05) is 13.5 Å². The fourth-order valence-electron chi connectivity index (χ4n) is 3.75. The second-order valence-corrected chi connectivity index (χ2v) is 10.2. The van der Waals surface area contributed by atoms with E-state index in [4.69, 9.17) is 9.47 Å². The smallest absolute Gasteiger partial charge is 0.243 e. The Kier molecular flexibility index (Phi) is 9.35. The minimum absolute atomic E-state index is 0.0392. The molecule has 35 heavy (non-hydrogen) atoms. The minimum Gasteiger partial charge on any atom is -0.394 e. The Morgan fingerprint density at radius 1 is 1.23 bits per heavy atom. The van der Waals surface area contributed by atoms with Crippen molar-refractivity contribution >= 4 is 15.9 Å². The van der Waals surface area contributed by atoms with Gasteiger partial charge in [0.1, 0.15) is 43.3 Å². The van der Waals surface area contributed by atoms with Crippen LogP contribution in [0.4, 0.5) is 0 Å². The number of nitrogens with zero attached hydrogens (tertiary/aromatic N) is 2. The van der Waals surface area contributed by atoms with Crippen molar-refractivity contribution in [2.45, 2.75) is 55.4 Å². The Labute approximate surface area is 204 Å². The van der Waals surface area contributed by atoms with Crippen LogP contribution in [0.25, 0.3) is 0 Å². The lowest BCUT2D eigenvalue weighted by atomic mass is 9.97. The molecule has 1 aliphatic heterocycles. The number of hydrogen-bond acceptors (Lipinski definition) is 8. The summed E-state index contributed by atoms with van der Waals surface area (Å²) in [5.74, 6) is -0.456. The largest absolute Gasteiger partial charge is 0.394 e. The Morgan fingerprint density at radius 3 is 2.54 bits per heavy atom. The van der Waals surface area contributed by atoms with Crippen molar-refractivity contribution in [3.8, 4) is 0 Å². The van der Waals surface area contributed by atoms with Crippen LogP contribution in [-0.2, 0) is 37.9 Å². The second kappa shape index (κ2) is 12.0. The van der Waals surface area contributed by atoms with Crippen molar-refractivity contribution in [2.24, 2.45) is 7.05 Å². The molecule has 0 bridgehead atoms. The Bertz CT molecular complexity index is 1080. The molecule has 5 N–H and O–H groups in total. The summed E-state index contributed by atoms with van der Waals surface area (Å²) in [6.45, 7) is 1.44. The number of sulfonamides is 1. The maximum atomic E-state index is 12.6. The zero-order valence-electron chi connectivity index (χ0n) is 19.6. The highest BCUT2D eigenvalue weighted by atomic mass is 32.2. The molecule has 0 radical (unpaired) electrons. The summed E-state index contributed by atoms with van der Waals surface area (Å²) in [7, 11) is -1.79. The molecular formula is C22H33N4O8S+. The summed E-state index contributed by atoms with van der Waals surface area (Å²) < 4.78 is 42.6. The standard InChI is InChI=1S/C22H32N4O8S/c1-15(28)24-19-21(30)20(29)18(13-27)34-22(19)33-11-3-8-23-35(31,32)17-6-4-16(5-7-17)12-26-10-9-25(2)14-26/h4-7,9-10,14,18-23,27,29-30H,3,8,11-13H2,1-2H3/p+1/t18-,19-,20-,21-,22-/m1/s1. The number of aryl methyl sites for hydroxylation is 1. The third kappa shape index (κ3) is 7.30. The highest BCUT2D eigenvalue weighted by Gasteiger charge is 2.45. The van der Waals surface area contributed by atoms with Crippen LogP contribution in [0.5, 0.6) is 0 Å². The normalized spacial score (nSPS) is 24.9. The molecule has 1 aromatic carbocycles. The molecule has 0 unspecified atom stereocenters. The van der Waals surface area contributed by atoms with Crippen molar-refractivity contribution in [1.29, 1.82) is 0 Å². The first-order valence-electron chi connectivity index (χ1n) is 11.2. The van der Waals surface area contributed by atoms with Crippen LogP contribution in [0.3, 0.4) is 0 Å². The van der Waals surface area contributed by atoms with Crippen molar-refractivity contribution in [3.05, 3.63) is 48.5 Å². The number of ether oxygens (including phenoxy) is 2. The molecule has 2 aromatic rings. The van der Waals surface area contributed by atoms with Gasteiger partial charge in [0.05, 0.1) is 25.2 Å². The number of imidazole rings is 1. The molecule has 1 amide bonds. The van der Waals surface area contributed by atoms with Gasteiger partial charge in [-0.3, -0.25) is 4.79 Å². The molecule has 1 saturated heterocycles. The maximum absolute atomic E-state index is 12.6. The molecule has 5 atom stereocenters. The van der Waals surface area contributed by atoms with Crippen molar-refractivity contribution < 1.29 is 42.6 Å². The third-order valence-corrected chi connectivity index (χ3v) is 7.05. The number of carbonyl (C=O) groups is 1. The van der Waals surface area contributed by atoms with E-state index in [-0.39, 0.29) is 24.5 Å². The van der Waals surface area contributed by atoms with Gasteiger partial charge in [-0.2, -0.15) is 0 Å². The lowest BCUT2D eigenvalue weighted by Gasteiger charge is -2.42. The topological polar surface area (TPSA) is 163 Å². The average Bonchev–Trinajstić information content (AvgIpc) is 3.22. The van der Waals surface area contributed by atoms with E-state index in [2.05, 4.69) is 10.0 Å². The predicted octanol–water partition coefficient (Wildman–Crippen LogP) is -2.01. The van der Waals surface area contributed by atoms with Crippen LogP contribution in [-0.4, -0.2) is 84.6 Å². The number of amides is 1. The maximum Gasteiger partial charge on any atom is 0.243 e. The summed E-state index contributed by atoms with van der Waals surface area (Å²) in [6.07, 6.45) is 1.04. The number of aromatic nitrogens is 2. The van der Waals surface area contributed by atoms with Gasteiger partial charge in [-0.25, -0.2) is 22.3 Å². The molecule has 0 saturated carbocycles. The van der Waals surface area contributed by atoms with Crippen LogP contribution in [0.15, 0.2) is 47.9 Å². The summed E-state index contributed by atoms with van der Waals surface area (Å²) in [5.41, 5.74) is 0.961. The van der Waals surface area contributed by atoms with Gasteiger partial charge >= 0.3 is 0 Å². The number of benzene rings is 1. The van der Waals surface area contributed by atoms with E-state index in [9.17, 15) is 28.5 Å². The fourth-order valence-corrected chi connectivity index (χ4v) is 4.83. The number of rotatable bonds is 11. The first-order chi connectivity index (χ1) is 16.6. The second-order valence-electron chi connectivity index (χ2n) is 8.45. The quantitative estimate of drug-likeness (QED) is 0.170. The van der Waals surface area contributed by atoms with E-state index in [1.165, 1.54) is 6.92 Å². The number of hydrogen-bond donors (Lipinski definition) is 5. The third-order valence-electron chi connectivity index (χ3n) is 5.57. The number of aliphatic hydroxyl groups excluding tert-OH is 3. The van der Waals surface area contributed by atoms with Crippen LogP contribution in [0.2, 0.25) is 0 Å². The Morgan fingerprint density at radius 2 is 1.94 bits per heavy atom. The predicted molar refractivity (Wildman–Crippen MR) is 122 cm³/mol. The molecular weight excluding hydrogens is 480 g/mol. The Hall–Kier alpha value is -2.39.